The van der Waals surface area contributed by atoms with E-state index in [1.54, 1.807) is 0 Å². The first kappa shape index (κ1) is 14.2. The maximum absolute atomic E-state index is 13.2. The second-order valence-electron chi connectivity index (χ2n) is 5.96. The van der Waals surface area contributed by atoms with E-state index in [2.05, 4.69) is 29.6 Å². The molecule has 1 saturated heterocycles. The predicted octanol–water partition coefficient (Wildman–Crippen LogP) is 2.70. The summed E-state index contributed by atoms with van der Waals surface area (Å²) in [4.78, 5) is 0. The Morgan fingerprint density at radius 1 is 1.10 bits per heavy atom. The summed E-state index contributed by atoms with van der Waals surface area (Å²) in [7, 11) is 0. The van der Waals surface area contributed by atoms with Crippen molar-refractivity contribution in [2.45, 2.75) is 12.3 Å². The molecule has 3 rings (SSSR count). The van der Waals surface area contributed by atoms with Gasteiger partial charge in [-0.3, -0.25) is 0 Å². The number of hydrogen-bond acceptors (Lipinski definition) is 2. The van der Waals surface area contributed by atoms with Gasteiger partial charge in [-0.05, 0) is 29.7 Å². The van der Waals surface area contributed by atoms with E-state index in [0.29, 0.717) is 12.5 Å². The van der Waals surface area contributed by atoms with Crippen LogP contribution in [0, 0.1) is 11.2 Å². The van der Waals surface area contributed by atoms with Crippen molar-refractivity contribution >= 4 is 0 Å². The molecule has 0 amide bonds. The molecule has 0 aromatic heterocycles. The quantitative estimate of drug-likeness (QED) is 0.906. The summed E-state index contributed by atoms with van der Waals surface area (Å²) in [6, 6.07) is 17.3. The minimum Gasteiger partial charge on any atom is -0.330 e. The Bertz CT molecular complexity index is 582. The summed E-state index contributed by atoms with van der Waals surface area (Å²) in [5.41, 5.74) is 8.63. The van der Waals surface area contributed by atoms with E-state index in [1.165, 1.54) is 23.3 Å². The van der Waals surface area contributed by atoms with E-state index < -0.39 is 0 Å². The molecule has 0 radical (unpaired) electrons. The van der Waals surface area contributed by atoms with Crippen molar-refractivity contribution in [1.29, 1.82) is 0 Å². The third-order valence-corrected chi connectivity index (χ3v) is 4.64. The summed E-state index contributed by atoms with van der Waals surface area (Å²) in [5.74, 6) is 0.134. The van der Waals surface area contributed by atoms with Gasteiger partial charge in [0.2, 0.25) is 0 Å². The summed E-state index contributed by atoms with van der Waals surface area (Å²) in [5, 5.41) is 3.47. The highest BCUT2D eigenvalue weighted by atomic mass is 19.1. The van der Waals surface area contributed by atoms with Gasteiger partial charge in [0.25, 0.3) is 0 Å². The van der Waals surface area contributed by atoms with E-state index in [0.717, 1.165) is 19.5 Å². The lowest BCUT2D eigenvalue weighted by Gasteiger charge is -2.34. The maximum atomic E-state index is 13.2. The minimum atomic E-state index is -0.189. The first-order chi connectivity index (χ1) is 10.2. The molecular weight excluding hydrogens is 263 g/mol. The van der Waals surface area contributed by atoms with Gasteiger partial charge in [-0.25, -0.2) is 4.39 Å². The fourth-order valence-electron chi connectivity index (χ4n) is 3.45. The lowest BCUT2D eigenvalue weighted by atomic mass is 9.70. The van der Waals surface area contributed by atoms with Gasteiger partial charge in [-0.2, -0.15) is 0 Å². The van der Waals surface area contributed by atoms with Crippen LogP contribution in [0.3, 0.4) is 0 Å². The van der Waals surface area contributed by atoms with Gasteiger partial charge in [0.15, 0.2) is 0 Å². The molecule has 0 spiro atoms. The normalized spacial score (nSPS) is 25.1. The molecule has 1 fully saturated rings. The van der Waals surface area contributed by atoms with Crippen LogP contribution in [0.25, 0.3) is 0 Å². The zero-order chi connectivity index (χ0) is 14.7. The smallest absolute Gasteiger partial charge is 0.123 e. The van der Waals surface area contributed by atoms with E-state index in [4.69, 9.17) is 5.73 Å². The average molecular weight is 284 g/mol. The summed E-state index contributed by atoms with van der Waals surface area (Å²) in [6.45, 7) is 2.42. The molecule has 0 unspecified atom stereocenters. The molecule has 1 aliphatic rings. The first-order valence-electron chi connectivity index (χ1n) is 7.44. The molecular formula is C18H21FN2. The fourth-order valence-corrected chi connectivity index (χ4v) is 3.45. The Morgan fingerprint density at radius 3 is 2.48 bits per heavy atom. The second kappa shape index (κ2) is 5.96. The number of rotatable bonds is 4. The van der Waals surface area contributed by atoms with Gasteiger partial charge in [0.05, 0.1) is 0 Å². The largest absolute Gasteiger partial charge is 0.330 e. The Labute approximate surface area is 125 Å². The van der Waals surface area contributed by atoms with Crippen LogP contribution in [-0.4, -0.2) is 19.6 Å². The topological polar surface area (TPSA) is 38.0 Å². The van der Waals surface area contributed by atoms with Crippen LogP contribution in [0.1, 0.15) is 17.0 Å². The van der Waals surface area contributed by atoms with Gasteiger partial charge in [-0.1, -0.05) is 42.5 Å². The zero-order valence-corrected chi connectivity index (χ0v) is 12.1. The van der Waals surface area contributed by atoms with Crippen molar-refractivity contribution in [2.24, 2.45) is 11.1 Å². The van der Waals surface area contributed by atoms with E-state index in [-0.39, 0.29) is 11.2 Å². The van der Waals surface area contributed by atoms with Gasteiger partial charge in [0.1, 0.15) is 5.82 Å². The molecule has 0 bridgehead atoms. The first-order valence-corrected chi connectivity index (χ1v) is 7.44. The lowest BCUT2D eigenvalue weighted by Crippen LogP contribution is -2.39. The number of nitrogens with two attached hydrogens (primary N) is 1. The number of hydrogen-bond donors (Lipinski definition) is 2. The third kappa shape index (κ3) is 2.85. The van der Waals surface area contributed by atoms with Gasteiger partial charge in [0, 0.05) is 31.0 Å². The highest BCUT2D eigenvalue weighted by molar-refractivity contribution is 5.28. The van der Waals surface area contributed by atoms with Gasteiger partial charge in [-0.15, -0.1) is 0 Å². The van der Waals surface area contributed by atoms with Gasteiger partial charge >= 0.3 is 0 Å². The van der Waals surface area contributed by atoms with Gasteiger partial charge < -0.3 is 11.1 Å². The van der Waals surface area contributed by atoms with E-state index in [1.807, 2.05) is 18.2 Å². The predicted molar refractivity (Wildman–Crippen MR) is 83.6 cm³/mol. The van der Waals surface area contributed by atoms with Crippen LogP contribution in [0.15, 0.2) is 54.6 Å². The second-order valence-corrected chi connectivity index (χ2v) is 5.96. The minimum absolute atomic E-state index is 0.000811. The van der Waals surface area contributed by atoms with Crippen molar-refractivity contribution < 1.29 is 4.39 Å². The standard InChI is InChI=1S/C18H21FN2/c19-16-8-6-15(7-9-16)17-11-21-13-18(17,12-20)10-14-4-2-1-3-5-14/h1-9,17,21H,10-13,20H2/t17-,18+/m1/s1. The molecule has 3 N–H and O–H groups in total. The highest BCUT2D eigenvalue weighted by Crippen LogP contribution is 2.41. The van der Waals surface area contributed by atoms with Crippen molar-refractivity contribution in [3.05, 3.63) is 71.5 Å². The van der Waals surface area contributed by atoms with Crippen LogP contribution in [0.2, 0.25) is 0 Å². The van der Waals surface area contributed by atoms with Crippen molar-refractivity contribution in [3.8, 4) is 0 Å². The van der Waals surface area contributed by atoms with E-state index >= 15 is 0 Å². The maximum Gasteiger partial charge on any atom is 0.123 e. The van der Waals surface area contributed by atoms with Crippen LogP contribution in [0.5, 0.6) is 0 Å². The summed E-state index contributed by atoms with van der Waals surface area (Å²) >= 11 is 0. The fraction of sp³-hybridized carbons (Fsp3) is 0.333. The lowest BCUT2D eigenvalue weighted by molar-refractivity contribution is 0.292. The Balaban J connectivity index is 1.90. The molecule has 1 aliphatic heterocycles. The van der Waals surface area contributed by atoms with Crippen LogP contribution >= 0.6 is 0 Å². The van der Waals surface area contributed by atoms with Crippen LogP contribution in [0.4, 0.5) is 4.39 Å². The molecule has 3 heteroatoms. The van der Waals surface area contributed by atoms with Crippen molar-refractivity contribution in [2.75, 3.05) is 19.6 Å². The highest BCUT2D eigenvalue weighted by Gasteiger charge is 2.42. The molecule has 1 heterocycles. The molecule has 0 saturated carbocycles. The molecule has 2 atom stereocenters. The summed E-state index contributed by atoms with van der Waals surface area (Å²) < 4.78 is 13.2. The van der Waals surface area contributed by atoms with Crippen molar-refractivity contribution in [3.63, 3.8) is 0 Å². The van der Waals surface area contributed by atoms with Crippen LogP contribution in [-0.2, 0) is 6.42 Å². The molecule has 0 aliphatic carbocycles. The Hall–Kier alpha value is -1.71. The average Bonchev–Trinajstić information content (AvgIpc) is 2.93. The SMILES string of the molecule is NC[C@@]1(Cc2ccccc2)CNC[C@@H]1c1ccc(F)cc1. The monoisotopic (exact) mass is 284 g/mol. The molecule has 2 aromatic carbocycles. The molecule has 2 aromatic rings. The Kier molecular flexibility index (Phi) is 4.04. The molecule has 21 heavy (non-hydrogen) atoms. The zero-order valence-electron chi connectivity index (χ0n) is 12.1. The third-order valence-electron chi connectivity index (χ3n) is 4.64. The summed E-state index contributed by atoms with van der Waals surface area (Å²) in [6.07, 6.45) is 0.944. The van der Waals surface area contributed by atoms with E-state index in [9.17, 15) is 4.39 Å². The van der Waals surface area contributed by atoms with Crippen LogP contribution < -0.4 is 11.1 Å². The van der Waals surface area contributed by atoms with Crippen molar-refractivity contribution in [1.82, 2.24) is 5.32 Å². The Morgan fingerprint density at radius 2 is 1.81 bits per heavy atom. The molecule has 2 nitrogen and oxygen atoms in total. The number of halogens is 1. The molecule has 110 valence electrons. The number of nitrogens with one attached hydrogen (secondary N) is 1. The number of benzene rings is 2.